The maximum atomic E-state index is 14.3. The van der Waals surface area contributed by atoms with E-state index in [4.69, 9.17) is 77.1 Å². The van der Waals surface area contributed by atoms with E-state index in [1.54, 1.807) is 6.07 Å². The van der Waals surface area contributed by atoms with Gasteiger partial charge in [-0.2, -0.15) is 9.97 Å². The summed E-state index contributed by atoms with van der Waals surface area (Å²) in [5, 5.41) is 33.8. The molecule has 0 radical (unpaired) electrons. The van der Waals surface area contributed by atoms with Gasteiger partial charge in [-0.15, -0.1) is 0 Å². The summed E-state index contributed by atoms with van der Waals surface area (Å²) >= 11 is 0. The molecule has 12 heterocycles. The number of aliphatic hydroxyl groups is 2. The average molecular weight is 1510 g/mol. The summed E-state index contributed by atoms with van der Waals surface area (Å²) in [6.07, 6.45) is -15.9. The zero-order valence-corrected chi connectivity index (χ0v) is 56.1. The van der Waals surface area contributed by atoms with Crippen LogP contribution >= 0.6 is 31.3 Å². The van der Waals surface area contributed by atoms with Crippen LogP contribution in [0.25, 0.3) is 33.2 Å². The first-order valence-electron chi connectivity index (χ1n) is 30.6. The molecule has 5 aliphatic rings. The van der Waals surface area contributed by atoms with E-state index in [9.17, 15) is 77.3 Å². The van der Waals surface area contributed by atoms with Gasteiger partial charge in [0.2, 0.25) is 5.95 Å². The van der Waals surface area contributed by atoms with Gasteiger partial charge in [-0.05, 0) is 19.1 Å². The summed E-state index contributed by atoms with van der Waals surface area (Å²) in [7, 11) is -21.6. The molecule has 550 valence electrons. The number of phosphoric ester groups is 4. The van der Waals surface area contributed by atoms with Gasteiger partial charge < -0.3 is 75.2 Å². The fraction of sp³-hybridized carbons (Fsp3) is 0.500. The maximum absolute atomic E-state index is 14.3. The number of para-hydroxylation sites is 1. The standard InChI is InChI=1S/C52H63N17O29P4/c1-23-14-66(52(75)63-48(23)72)40-13-30(98-99(78,79)86-16-32-26(71)9-37(91-32)67-21-58-42-45(54)56-20-57-46(42)67)35(94-40)19-89-101(82,83)96-28-11-38(64-7-5-24-3-2-4-25(44(24)64)69(76)77)92-33(28)17-88-102(84,85)97-29-12-39(65-8-6-36(53)60-51(65)74)93-34(29)18-87-100(80,81)95-27-10-41(90-31(27)15-70)68-22-59-43-47(68)61-50(55)62-49(43)73/h2-8,14,20-22,26-35,37-41,70-71H,9-13,15-19H2,1H3,(H,78,79)(H,80,81)(H,82,83)(H,84,85)(H2,53,60,74)(H2,54,56,57)(H,63,72,75)(H3,55,61,62,73)/t26-,27-,28-,29-,30-,31+,32+,33+,34+,35+,37+,38+,39+,40+,41+/m0/s1. The molecule has 7 aromatic heterocycles. The fourth-order valence-electron chi connectivity index (χ4n) is 12.3. The molecule has 102 heavy (non-hydrogen) atoms. The number of nitrogen functional groups attached to an aromatic ring is 3. The molecule has 14 N–H and O–H groups in total. The largest absolute Gasteiger partial charge is 0.472 e. The lowest BCUT2D eigenvalue weighted by atomic mass is 10.2. The SMILES string of the molecule is Cc1cn([C@H]2C[C@H](OP(=O)(O)OC[C@H]3O[C@@H](n4cnc5c(N)ncnc54)C[C@@H]3O)[C@@H](COP(=O)(O)O[C@H]3C[C@H](n4ccc5cccc([N+](=O)[O-])c54)O[C@@H]3COP(=O)(O)O[C@H]3C[C@H](n4ccc(N)nc4=O)O[C@@H]3COP(=O)(O)O[C@H]3C[C@H](n4cnc5c(=O)[nH]c(N)nc54)O[C@@H]3CO)O2)c(=O)[nH]c1=O. The van der Waals surface area contributed by atoms with E-state index in [1.807, 2.05) is 0 Å². The number of ether oxygens (including phenoxy) is 5. The number of H-pyrrole nitrogens is 2. The van der Waals surface area contributed by atoms with Crippen molar-refractivity contribution in [1.82, 2.24) is 62.7 Å². The van der Waals surface area contributed by atoms with Crippen molar-refractivity contribution in [3.63, 3.8) is 0 Å². The third-order valence-electron chi connectivity index (χ3n) is 17.1. The first-order chi connectivity index (χ1) is 48.4. The molecule has 0 spiro atoms. The molecular formula is C52H63N17O29P4. The van der Waals surface area contributed by atoms with Crippen LogP contribution in [0.2, 0.25) is 0 Å². The Morgan fingerprint density at radius 3 is 1.65 bits per heavy atom. The highest BCUT2D eigenvalue weighted by atomic mass is 31.2. The number of anilines is 3. The number of hydrogen-bond donors (Lipinski definition) is 11. The van der Waals surface area contributed by atoms with Crippen molar-refractivity contribution < 1.29 is 113 Å². The summed E-state index contributed by atoms with van der Waals surface area (Å²) in [6.45, 7) is -3.27. The number of aliphatic hydroxyl groups excluding tert-OH is 2. The molecule has 5 fully saturated rings. The van der Waals surface area contributed by atoms with Gasteiger partial charge in [0.25, 0.3) is 16.8 Å². The molecule has 13 rings (SSSR count). The number of fused-ring (bicyclic) bond motifs is 3. The number of nitrogens with one attached hydrogen (secondary N) is 2. The monoisotopic (exact) mass is 1510 g/mol. The van der Waals surface area contributed by atoms with Gasteiger partial charge in [-0.1, -0.05) is 12.1 Å². The predicted molar refractivity (Wildman–Crippen MR) is 338 cm³/mol. The van der Waals surface area contributed by atoms with E-state index in [0.29, 0.717) is 5.39 Å². The third kappa shape index (κ3) is 15.5. The number of nitro benzene ring substituents is 1. The summed E-state index contributed by atoms with van der Waals surface area (Å²) < 4.78 is 136. The number of aromatic amines is 2. The number of aryl methyl sites for hydroxylation is 1. The molecule has 5 aliphatic heterocycles. The number of hydrogen-bond acceptors (Lipinski definition) is 34. The molecule has 8 aromatic rings. The third-order valence-corrected chi connectivity index (χ3v) is 21.1. The van der Waals surface area contributed by atoms with Crippen molar-refractivity contribution in [2.45, 2.75) is 131 Å². The molecule has 1 aromatic carbocycles. The van der Waals surface area contributed by atoms with Gasteiger partial charge in [-0.3, -0.25) is 84.1 Å². The highest BCUT2D eigenvalue weighted by molar-refractivity contribution is 7.48. The highest BCUT2D eigenvalue weighted by Crippen LogP contribution is 2.55. The van der Waals surface area contributed by atoms with E-state index in [2.05, 4.69) is 39.9 Å². The molecule has 0 amide bonds. The fourth-order valence-corrected chi connectivity index (χ4v) is 16.2. The zero-order chi connectivity index (χ0) is 72.5. The van der Waals surface area contributed by atoms with Crippen molar-refractivity contribution in [2.75, 3.05) is 50.2 Å². The number of nitro groups is 1. The molecule has 5 saturated heterocycles. The number of phosphoric acid groups is 4. The number of aromatic nitrogens is 13. The Labute approximate surface area is 568 Å². The second kappa shape index (κ2) is 28.7. The molecule has 50 heteroatoms. The Hall–Kier alpha value is -7.82. The lowest BCUT2D eigenvalue weighted by molar-refractivity contribution is -0.383. The number of nitrogens with zero attached hydrogens (tertiary/aromatic N) is 12. The van der Waals surface area contributed by atoms with Crippen molar-refractivity contribution in [3.8, 4) is 0 Å². The minimum absolute atomic E-state index is 0.00558. The van der Waals surface area contributed by atoms with E-state index in [0.717, 1.165) is 15.3 Å². The Bertz CT molecular complexity index is 4960. The van der Waals surface area contributed by atoms with E-state index in [1.165, 1.54) is 76.3 Å². The first kappa shape index (κ1) is 72.5. The van der Waals surface area contributed by atoms with Gasteiger partial charge in [-0.25, -0.2) is 47.8 Å². The van der Waals surface area contributed by atoms with Crippen molar-refractivity contribution in [2.24, 2.45) is 0 Å². The predicted octanol–water partition coefficient (Wildman–Crippen LogP) is 0.184. The van der Waals surface area contributed by atoms with Crippen LogP contribution < -0.4 is 39.7 Å². The van der Waals surface area contributed by atoms with Crippen LogP contribution in [0, 0.1) is 17.0 Å². The number of imidazole rings is 2. The Balaban J connectivity index is 0.703. The van der Waals surface area contributed by atoms with Crippen LogP contribution in [0.4, 0.5) is 23.3 Å². The zero-order valence-electron chi connectivity index (χ0n) is 52.5. The van der Waals surface area contributed by atoms with Crippen LogP contribution in [0.5, 0.6) is 0 Å². The Morgan fingerprint density at radius 2 is 1.08 bits per heavy atom. The summed E-state index contributed by atoms with van der Waals surface area (Å²) in [6, 6.07) is 6.87. The van der Waals surface area contributed by atoms with Gasteiger partial charge in [0.05, 0.1) is 56.7 Å². The molecule has 0 aliphatic carbocycles. The van der Waals surface area contributed by atoms with Gasteiger partial charge in [0, 0.05) is 67.7 Å². The van der Waals surface area contributed by atoms with E-state index < -0.39 is 209 Å². The summed E-state index contributed by atoms with van der Waals surface area (Å²) in [5.41, 5.74) is 14.0. The normalized spacial score (nSPS) is 29.2. The maximum Gasteiger partial charge on any atom is 0.472 e. The highest BCUT2D eigenvalue weighted by Gasteiger charge is 2.50. The topological polar surface area (TPSA) is 633 Å². The number of non-ortho nitro benzene ring substituents is 1. The van der Waals surface area contributed by atoms with E-state index >= 15 is 0 Å². The van der Waals surface area contributed by atoms with Crippen molar-refractivity contribution in [1.29, 1.82) is 0 Å². The van der Waals surface area contributed by atoms with Gasteiger partial charge in [0.15, 0.2) is 22.6 Å². The quantitative estimate of drug-likeness (QED) is 0.0186. The van der Waals surface area contributed by atoms with Crippen LogP contribution in [-0.2, 0) is 78.1 Å². The summed E-state index contributed by atoms with van der Waals surface area (Å²) in [5.74, 6) is -0.382. The molecule has 46 nitrogen and oxygen atoms in total. The number of rotatable bonds is 27. The van der Waals surface area contributed by atoms with Crippen LogP contribution in [0.1, 0.15) is 68.8 Å². The minimum Gasteiger partial charge on any atom is -0.394 e. The lowest BCUT2D eigenvalue weighted by Gasteiger charge is -2.25. The van der Waals surface area contributed by atoms with Gasteiger partial charge in [0.1, 0.15) is 109 Å². The summed E-state index contributed by atoms with van der Waals surface area (Å²) in [4.78, 5) is 136. The molecule has 0 saturated carbocycles. The molecule has 0 bridgehead atoms. The number of benzene rings is 1. The number of nitrogens with two attached hydrogens (primary N) is 3. The van der Waals surface area contributed by atoms with E-state index in [-0.39, 0.29) is 63.8 Å². The van der Waals surface area contributed by atoms with Crippen LogP contribution in [0.15, 0.2) is 87.1 Å². The smallest absolute Gasteiger partial charge is 0.394 e. The second-order valence-corrected chi connectivity index (χ2v) is 29.4. The minimum atomic E-state index is -5.55. The average Bonchev–Trinajstić information content (AvgIpc) is 1.65. The van der Waals surface area contributed by atoms with Crippen LogP contribution in [-0.4, -0.2) is 191 Å². The molecule has 19 atom stereocenters. The molecular weight excluding hydrogens is 1450 g/mol. The Kier molecular flexibility index (Phi) is 20.4. The van der Waals surface area contributed by atoms with Crippen LogP contribution in [0.3, 0.4) is 0 Å². The lowest BCUT2D eigenvalue weighted by Crippen LogP contribution is -2.33. The van der Waals surface area contributed by atoms with Gasteiger partial charge >= 0.3 is 42.7 Å². The van der Waals surface area contributed by atoms with Crippen molar-refractivity contribution in [3.05, 3.63) is 125 Å². The van der Waals surface area contributed by atoms with Crippen molar-refractivity contribution >= 4 is 87.8 Å². The molecule has 4 unspecified atom stereocenters. The Morgan fingerprint density at radius 1 is 0.588 bits per heavy atom. The first-order valence-corrected chi connectivity index (χ1v) is 36.6. The second-order valence-electron chi connectivity index (χ2n) is 23.8.